The van der Waals surface area contributed by atoms with Crippen molar-refractivity contribution in [1.29, 1.82) is 0 Å². The molecule has 134 valence electrons. The van der Waals surface area contributed by atoms with Crippen LogP contribution in [0.5, 0.6) is 0 Å². The van der Waals surface area contributed by atoms with E-state index >= 15 is 0 Å². The fraction of sp³-hybridized carbons (Fsp3) is 0.333. The van der Waals surface area contributed by atoms with Crippen molar-refractivity contribution in [1.82, 2.24) is 5.32 Å². The molecule has 1 aromatic carbocycles. The number of nitrogens with zero attached hydrogens (tertiary/aromatic N) is 1. The Bertz CT molecular complexity index is 729. The van der Waals surface area contributed by atoms with Crippen LogP contribution in [0.15, 0.2) is 47.1 Å². The lowest BCUT2D eigenvalue weighted by atomic mass is 10.1. The number of nitrogens with two attached hydrogens (primary N) is 1. The van der Waals surface area contributed by atoms with E-state index in [9.17, 15) is 9.59 Å². The van der Waals surface area contributed by atoms with Gasteiger partial charge in [0.2, 0.25) is 0 Å². The van der Waals surface area contributed by atoms with Crippen LogP contribution < -0.4 is 16.0 Å². The van der Waals surface area contributed by atoms with Crippen LogP contribution in [0.3, 0.4) is 0 Å². The van der Waals surface area contributed by atoms with Crippen LogP contribution in [0.4, 0.5) is 5.69 Å². The van der Waals surface area contributed by atoms with Crippen molar-refractivity contribution < 1.29 is 14.0 Å². The molecule has 2 amide bonds. The molecular formula is C18H22ClN3O3. The second-order valence-corrected chi connectivity index (χ2v) is 6.01. The molecule has 0 aliphatic heterocycles. The molecule has 3 N–H and O–H groups in total. The molecule has 3 rings (SSSR count). The molecule has 1 aliphatic rings. The first-order valence-corrected chi connectivity index (χ1v) is 8.03. The molecule has 2 aromatic rings. The van der Waals surface area contributed by atoms with E-state index in [-0.39, 0.29) is 36.0 Å². The first kappa shape index (κ1) is 19.0. The van der Waals surface area contributed by atoms with Gasteiger partial charge in [-0.1, -0.05) is 12.1 Å². The monoisotopic (exact) mass is 363 g/mol. The number of hydrogen-bond acceptors (Lipinski definition) is 4. The lowest BCUT2D eigenvalue weighted by Gasteiger charge is -2.21. The van der Waals surface area contributed by atoms with Crippen molar-refractivity contribution in [3.05, 3.63) is 54.0 Å². The average molecular weight is 364 g/mol. The fourth-order valence-electron chi connectivity index (χ4n) is 2.75. The summed E-state index contributed by atoms with van der Waals surface area (Å²) in [5.41, 5.74) is 6.73. The molecule has 0 radical (unpaired) electrons. The Labute approximate surface area is 152 Å². The summed E-state index contributed by atoms with van der Waals surface area (Å²) in [5.74, 6) is 0.170. The van der Waals surface area contributed by atoms with E-state index in [1.54, 1.807) is 43.4 Å². The summed E-state index contributed by atoms with van der Waals surface area (Å²) < 4.78 is 5.15. The average Bonchev–Trinajstić information content (AvgIpc) is 3.31. The summed E-state index contributed by atoms with van der Waals surface area (Å²) in [6.07, 6.45) is 3.64. The summed E-state index contributed by atoms with van der Waals surface area (Å²) in [4.78, 5) is 26.5. The van der Waals surface area contributed by atoms with Crippen LogP contribution in [0.1, 0.15) is 33.8 Å². The maximum absolute atomic E-state index is 12.7. The number of hydrogen-bond donors (Lipinski definition) is 2. The van der Waals surface area contributed by atoms with Gasteiger partial charge in [0.1, 0.15) is 0 Å². The lowest BCUT2D eigenvalue weighted by molar-refractivity contribution is 0.0934. The van der Waals surface area contributed by atoms with Gasteiger partial charge in [0.25, 0.3) is 11.8 Å². The fourth-order valence-corrected chi connectivity index (χ4v) is 2.75. The van der Waals surface area contributed by atoms with Crippen molar-refractivity contribution in [3.8, 4) is 0 Å². The Morgan fingerprint density at radius 2 is 2.00 bits per heavy atom. The minimum absolute atomic E-state index is 0. The number of para-hydroxylation sites is 1. The molecule has 0 spiro atoms. The molecule has 1 aromatic heterocycles. The SMILES string of the molecule is CN(C(=O)c1ccco1)c1ccccc1C(=O)NC(CN)C1CC1.Cl. The van der Waals surface area contributed by atoms with Crippen LogP contribution in [0, 0.1) is 5.92 Å². The summed E-state index contributed by atoms with van der Waals surface area (Å²) in [6.45, 7) is 0.416. The zero-order chi connectivity index (χ0) is 17.1. The number of amides is 2. The zero-order valence-corrected chi connectivity index (χ0v) is 14.8. The van der Waals surface area contributed by atoms with Gasteiger partial charge in [-0.25, -0.2) is 0 Å². The minimum atomic E-state index is -0.308. The molecule has 1 heterocycles. The molecule has 1 aliphatic carbocycles. The number of rotatable bonds is 6. The van der Waals surface area contributed by atoms with Gasteiger partial charge in [0, 0.05) is 19.6 Å². The quantitative estimate of drug-likeness (QED) is 0.825. The van der Waals surface area contributed by atoms with E-state index in [2.05, 4.69) is 5.32 Å². The Balaban J connectivity index is 0.00000225. The van der Waals surface area contributed by atoms with Crippen molar-refractivity contribution in [2.75, 3.05) is 18.5 Å². The summed E-state index contributed by atoms with van der Waals surface area (Å²) in [6, 6.07) is 10.2. The number of nitrogens with one attached hydrogen (secondary N) is 1. The number of carbonyl (C=O) groups is 2. The molecule has 25 heavy (non-hydrogen) atoms. The number of halogens is 1. The summed E-state index contributed by atoms with van der Waals surface area (Å²) >= 11 is 0. The molecule has 1 saturated carbocycles. The standard InChI is InChI=1S/C18H21N3O3.ClH/c1-21(18(23)16-7-4-10-24-16)15-6-3-2-5-13(15)17(22)20-14(11-19)12-8-9-12;/h2-7,10,12,14H,8-9,11,19H2,1H3,(H,20,22);1H. The predicted molar refractivity (Wildman–Crippen MR) is 98.2 cm³/mol. The van der Waals surface area contributed by atoms with E-state index in [0.717, 1.165) is 12.8 Å². The van der Waals surface area contributed by atoms with Crippen molar-refractivity contribution in [2.45, 2.75) is 18.9 Å². The highest BCUT2D eigenvalue weighted by Gasteiger charge is 2.32. The van der Waals surface area contributed by atoms with Gasteiger partial charge in [-0.05, 0) is 43.0 Å². The maximum atomic E-state index is 12.7. The van der Waals surface area contributed by atoms with Crippen LogP contribution in [-0.4, -0.2) is 31.4 Å². The molecule has 6 nitrogen and oxygen atoms in total. The maximum Gasteiger partial charge on any atom is 0.293 e. The largest absolute Gasteiger partial charge is 0.459 e. The lowest BCUT2D eigenvalue weighted by Crippen LogP contribution is -2.42. The van der Waals surface area contributed by atoms with Gasteiger partial charge in [-0.15, -0.1) is 12.4 Å². The van der Waals surface area contributed by atoms with Crippen LogP contribution >= 0.6 is 12.4 Å². The molecular weight excluding hydrogens is 342 g/mol. The Kier molecular flexibility index (Phi) is 6.22. The van der Waals surface area contributed by atoms with Gasteiger partial charge in [0.15, 0.2) is 5.76 Å². The predicted octanol–water partition coefficient (Wildman–Crippen LogP) is 2.45. The third-order valence-corrected chi connectivity index (χ3v) is 4.31. The minimum Gasteiger partial charge on any atom is -0.459 e. The van der Waals surface area contributed by atoms with E-state index in [4.69, 9.17) is 10.2 Å². The van der Waals surface area contributed by atoms with Crippen LogP contribution in [0.2, 0.25) is 0 Å². The topological polar surface area (TPSA) is 88.6 Å². The Hall–Kier alpha value is -2.31. The third kappa shape index (κ3) is 4.21. The van der Waals surface area contributed by atoms with E-state index in [0.29, 0.717) is 23.7 Å². The molecule has 0 saturated heterocycles. The molecule has 1 atom stereocenters. The van der Waals surface area contributed by atoms with Gasteiger partial charge in [-0.3, -0.25) is 9.59 Å². The van der Waals surface area contributed by atoms with Crippen LogP contribution in [-0.2, 0) is 0 Å². The number of benzene rings is 1. The van der Waals surface area contributed by atoms with Crippen molar-refractivity contribution in [2.24, 2.45) is 11.7 Å². The second-order valence-electron chi connectivity index (χ2n) is 6.01. The summed E-state index contributed by atoms with van der Waals surface area (Å²) in [5, 5.41) is 2.99. The number of anilines is 1. The highest BCUT2D eigenvalue weighted by atomic mass is 35.5. The highest BCUT2D eigenvalue weighted by molar-refractivity contribution is 6.09. The zero-order valence-electron chi connectivity index (χ0n) is 14.0. The molecule has 0 bridgehead atoms. The van der Waals surface area contributed by atoms with E-state index in [1.807, 2.05) is 0 Å². The Morgan fingerprint density at radius 3 is 2.60 bits per heavy atom. The smallest absolute Gasteiger partial charge is 0.293 e. The highest BCUT2D eigenvalue weighted by Crippen LogP contribution is 2.32. The first-order valence-electron chi connectivity index (χ1n) is 8.03. The van der Waals surface area contributed by atoms with Gasteiger partial charge < -0.3 is 20.4 Å². The Morgan fingerprint density at radius 1 is 1.28 bits per heavy atom. The van der Waals surface area contributed by atoms with Gasteiger partial charge in [0.05, 0.1) is 17.5 Å². The third-order valence-electron chi connectivity index (χ3n) is 4.31. The first-order chi connectivity index (χ1) is 11.6. The normalized spacial score (nSPS) is 14.3. The van der Waals surface area contributed by atoms with Crippen LogP contribution in [0.25, 0.3) is 0 Å². The van der Waals surface area contributed by atoms with E-state index < -0.39 is 0 Å². The van der Waals surface area contributed by atoms with Crippen molar-refractivity contribution in [3.63, 3.8) is 0 Å². The molecule has 7 heteroatoms. The number of carbonyl (C=O) groups excluding carboxylic acids is 2. The van der Waals surface area contributed by atoms with Gasteiger partial charge >= 0.3 is 0 Å². The molecule has 1 fully saturated rings. The van der Waals surface area contributed by atoms with E-state index in [1.165, 1.54) is 11.2 Å². The second kappa shape index (κ2) is 8.18. The summed E-state index contributed by atoms with van der Waals surface area (Å²) in [7, 11) is 1.62. The number of furan rings is 1. The van der Waals surface area contributed by atoms with Crippen molar-refractivity contribution >= 4 is 29.9 Å². The molecule has 1 unspecified atom stereocenters. The van der Waals surface area contributed by atoms with Gasteiger partial charge in [-0.2, -0.15) is 0 Å².